The third-order valence-corrected chi connectivity index (χ3v) is 3.00. The lowest BCUT2D eigenvalue weighted by molar-refractivity contribution is -0.173. The van der Waals surface area contributed by atoms with Crippen LogP contribution in [0.15, 0.2) is 0 Å². The molecule has 0 rings (SSSR count). The summed E-state index contributed by atoms with van der Waals surface area (Å²) in [6.45, 7) is 8.02. The minimum absolute atomic E-state index is 0.281. The molecule has 100 valence electrons. The monoisotopic (exact) mass is 244 g/mol. The first-order valence-electron chi connectivity index (χ1n) is 6.43. The van der Waals surface area contributed by atoms with Crippen LogP contribution in [0.25, 0.3) is 0 Å². The second-order valence-electron chi connectivity index (χ2n) is 4.00. The fourth-order valence-electron chi connectivity index (χ4n) is 1.63. The van der Waals surface area contributed by atoms with E-state index in [0.717, 1.165) is 12.8 Å². The molecule has 0 aromatic heterocycles. The summed E-state index contributed by atoms with van der Waals surface area (Å²) in [5, 5.41) is 0. The highest BCUT2D eigenvalue weighted by molar-refractivity contribution is 5.99. The van der Waals surface area contributed by atoms with Crippen LogP contribution < -0.4 is 0 Å². The molecule has 0 aliphatic heterocycles. The Morgan fingerprint density at radius 3 is 1.88 bits per heavy atom. The van der Waals surface area contributed by atoms with Crippen molar-refractivity contribution in [1.82, 2.24) is 0 Å². The molecule has 0 amide bonds. The van der Waals surface area contributed by atoms with Crippen molar-refractivity contribution in [2.45, 2.75) is 53.4 Å². The number of ether oxygens (including phenoxy) is 2. The number of esters is 2. The van der Waals surface area contributed by atoms with Gasteiger partial charge in [0.2, 0.25) is 0 Å². The molecule has 0 aliphatic carbocycles. The van der Waals surface area contributed by atoms with Gasteiger partial charge in [0.25, 0.3) is 0 Å². The highest BCUT2D eigenvalue weighted by Gasteiger charge is 2.45. The molecule has 0 heterocycles. The van der Waals surface area contributed by atoms with Crippen LogP contribution in [0.5, 0.6) is 0 Å². The summed E-state index contributed by atoms with van der Waals surface area (Å²) in [4.78, 5) is 23.9. The molecule has 0 aromatic rings. The van der Waals surface area contributed by atoms with Gasteiger partial charge in [-0.2, -0.15) is 0 Å². The van der Waals surface area contributed by atoms with Crippen molar-refractivity contribution >= 4 is 11.9 Å². The minimum Gasteiger partial charge on any atom is -0.465 e. The maximum absolute atomic E-state index is 12.0. The lowest BCUT2D eigenvalue weighted by atomic mass is 9.82. The first kappa shape index (κ1) is 15.9. The molecule has 0 saturated heterocycles. The fourth-order valence-corrected chi connectivity index (χ4v) is 1.63. The Kier molecular flexibility index (Phi) is 7.59. The average Bonchev–Trinajstić information content (AvgIpc) is 2.32. The topological polar surface area (TPSA) is 52.6 Å². The number of carbonyl (C=O) groups is 2. The van der Waals surface area contributed by atoms with Crippen LogP contribution in [0.2, 0.25) is 0 Å². The highest BCUT2D eigenvalue weighted by atomic mass is 16.6. The second-order valence-corrected chi connectivity index (χ2v) is 4.00. The Hall–Kier alpha value is -1.06. The largest absolute Gasteiger partial charge is 0.465 e. The summed E-state index contributed by atoms with van der Waals surface area (Å²) >= 11 is 0. The number of hydrogen-bond donors (Lipinski definition) is 0. The van der Waals surface area contributed by atoms with E-state index >= 15 is 0 Å². The molecular formula is C13H24O4. The quantitative estimate of drug-likeness (QED) is 0.374. The average molecular weight is 244 g/mol. The van der Waals surface area contributed by atoms with Crippen molar-refractivity contribution < 1.29 is 19.1 Å². The molecule has 0 saturated carbocycles. The maximum atomic E-state index is 12.0. The molecule has 0 bridgehead atoms. The summed E-state index contributed by atoms with van der Waals surface area (Å²) in [5.41, 5.74) is -1.12. The molecule has 0 aliphatic rings. The van der Waals surface area contributed by atoms with E-state index in [1.807, 2.05) is 20.8 Å². The molecule has 0 atom stereocenters. The van der Waals surface area contributed by atoms with Crippen LogP contribution in [0.4, 0.5) is 0 Å². The third-order valence-electron chi connectivity index (χ3n) is 3.00. The van der Waals surface area contributed by atoms with Crippen molar-refractivity contribution in [1.29, 1.82) is 0 Å². The number of hydrogen-bond acceptors (Lipinski definition) is 4. The van der Waals surface area contributed by atoms with E-state index in [9.17, 15) is 9.59 Å². The van der Waals surface area contributed by atoms with Gasteiger partial charge in [-0.05, 0) is 26.2 Å². The maximum Gasteiger partial charge on any atom is 0.323 e. The van der Waals surface area contributed by atoms with E-state index < -0.39 is 17.4 Å². The Balaban J connectivity index is 4.68. The van der Waals surface area contributed by atoms with Crippen LogP contribution in [-0.4, -0.2) is 25.2 Å². The minimum atomic E-state index is -1.12. The number of carbonyl (C=O) groups excluding carboxylic acids is 2. The zero-order chi connectivity index (χ0) is 13.3. The van der Waals surface area contributed by atoms with Gasteiger partial charge in [-0.1, -0.05) is 27.2 Å². The highest BCUT2D eigenvalue weighted by Crippen LogP contribution is 2.30. The van der Waals surface area contributed by atoms with Crippen LogP contribution in [-0.2, 0) is 19.1 Å². The predicted octanol–water partition coefficient (Wildman–Crippen LogP) is 2.70. The predicted molar refractivity (Wildman–Crippen MR) is 65.5 cm³/mol. The fraction of sp³-hybridized carbons (Fsp3) is 0.846. The van der Waals surface area contributed by atoms with Crippen molar-refractivity contribution in [3.63, 3.8) is 0 Å². The molecule has 0 unspecified atom stereocenters. The van der Waals surface area contributed by atoms with E-state index in [0.29, 0.717) is 19.4 Å². The lowest BCUT2D eigenvalue weighted by Crippen LogP contribution is -2.41. The van der Waals surface area contributed by atoms with Gasteiger partial charge >= 0.3 is 11.9 Å². The van der Waals surface area contributed by atoms with Crippen LogP contribution in [0, 0.1) is 5.41 Å². The van der Waals surface area contributed by atoms with Crippen molar-refractivity contribution in [3.8, 4) is 0 Å². The molecule has 4 heteroatoms. The van der Waals surface area contributed by atoms with Crippen molar-refractivity contribution in [3.05, 3.63) is 0 Å². The van der Waals surface area contributed by atoms with E-state index in [4.69, 9.17) is 9.47 Å². The number of rotatable bonds is 8. The normalized spacial score (nSPS) is 11.1. The van der Waals surface area contributed by atoms with Gasteiger partial charge in [0.15, 0.2) is 5.41 Å². The number of unbranched alkanes of at least 4 members (excludes halogenated alkanes) is 1. The SMILES string of the molecule is CCCCOC(=O)C(CC)(CC)C(=O)OCC. The van der Waals surface area contributed by atoms with Crippen LogP contribution >= 0.6 is 0 Å². The van der Waals surface area contributed by atoms with Gasteiger partial charge in [-0.15, -0.1) is 0 Å². The van der Waals surface area contributed by atoms with Gasteiger partial charge in [-0.25, -0.2) is 0 Å². The molecule has 0 spiro atoms. The summed E-state index contributed by atoms with van der Waals surface area (Å²) < 4.78 is 10.1. The van der Waals surface area contributed by atoms with E-state index in [2.05, 4.69) is 0 Å². The molecule has 4 nitrogen and oxygen atoms in total. The van der Waals surface area contributed by atoms with Gasteiger partial charge in [0.1, 0.15) is 0 Å². The van der Waals surface area contributed by atoms with Crippen LogP contribution in [0.1, 0.15) is 53.4 Å². The molecule has 0 radical (unpaired) electrons. The van der Waals surface area contributed by atoms with Crippen molar-refractivity contribution in [2.24, 2.45) is 5.41 Å². The van der Waals surface area contributed by atoms with E-state index in [1.54, 1.807) is 6.92 Å². The summed E-state index contributed by atoms with van der Waals surface area (Å²) in [5.74, 6) is -0.916. The lowest BCUT2D eigenvalue weighted by Gasteiger charge is -2.26. The standard InChI is InChI=1S/C13H24O4/c1-5-9-10-17-12(15)13(6-2,7-3)11(14)16-8-4/h5-10H2,1-4H3. The zero-order valence-electron chi connectivity index (χ0n) is 11.4. The smallest absolute Gasteiger partial charge is 0.323 e. The van der Waals surface area contributed by atoms with Gasteiger partial charge in [0.05, 0.1) is 13.2 Å². The van der Waals surface area contributed by atoms with Gasteiger partial charge in [0, 0.05) is 0 Å². The first-order valence-corrected chi connectivity index (χ1v) is 6.43. The summed E-state index contributed by atoms with van der Waals surface area (Å²) in [7, 11) is 0. The second kappa shape index (κ2) is 8.09. The molecule has 0 fully saturated rings. The molecule has 0 N–H and O–H groups in total. The first-order chi connectivity index (χ1) is 8.08. The molecule has 0 aromatic carbocycles. The van der Waals surface area contributed by atoms with Gasteiger partial charge in [-0.3, -0.25) is 9.59 Å². The molecule has 17 heavy (non-hydrogen) atoms. The summed E-state index contributed by atoms with van der Waals surface area (Å²) in [6.07, 6.45) is 2.59. The Morgan fingerprint density at radius 2 is 1.47 bits per heavy atom. The van der Waals surface area contributed by atoms with Crippen molar-refractivity contribution in [2.75, 3.05) is 13.2 Å². The Morgan fingerprint density at radius 1 is 0.941 bits per heavy atom. The Labute approximate surface area is 104 Å². The third kappa shape index (κ3) is 4.02. The Bertz CT molecular complexity index is 244. The zero-order valence-corrected chi connectivity index (χ0v) is 11.4. The summed E-state index contributed by atoms with van der Waals surface area (Å²) in [6, 6.07) is 0. The van der Waals surface area contributed by atoms with E-state index in [1.165, 1.54) is 0 Å². The molecular weight excluding hydrogens is 220 g/mol. The van der Waals surface area contributed by atoms with E-state index in [-0.39, 0.29) is 6.61 Å². The van der Waals surface area contributed by atoms with Gasteiger partial charge < -0.3 is 9.47 Å². The van der Waals surface area contributed by atoms with Crippen LogP contribution in [0.3, 0.4) is 0 Å².